The maximum absolute atomic E-state index is 12.9. The van der Waals surface area contributed by atoms with Gasteiger partial charge in [0.05, 0.1) is 17.6 Å². The average Bonchev–Trinajstić information content (AvgIpc) is 3.25. The second-order valence-corrected chi connectivity index (χ2v) is 5.98. The van der Waals surface area contributed by atoms with Crippen LogP contribution in [0.1, 0.15) is 5.82 Å². The van der Waals surface area contributed by atoms with Crippen LogP contribution in [0.25, 0.3) is 28.2 Å². The SMILES string of the molecule is Cc1nn2c(=O)c3cnn(-c4ccccc4)c3nc2n1-c1ccccc1. The minimum Gasteiger partial charge on any atom is -0.266 e. The number of rotatable bonds is 2. The molecule has 3 heterocycles. The Bertz CT molecular complexity index is 1300. The van der Waals surface area contributed by atoms with Crippen LogP contribution in [0, 0.1) is 6.92 Å². The molecule has 0 spiro atoms. The summed E-state index contributed by atoms with van der Waals surface area (Å²) >= 11 is 0. The summed E-state index contributed by atoms with van der Waals surface area (Å²) in [5.41, 5.74) is 2.03. The van der Waals surface area contributed by atoms with Crippen LogP contribution in [-0.4, -0.2) is 28.9 Å². The topological polar surface area (TPSA) is 70.0 Å². The maximum Gasteiger partial charge on any atom is 0.286 e. The summed E-state index contributed by atoms with van der Waals surface area (Å²) < 4.78 is 4.87. The van der Waals surface area contributed by atoms with Gasteiger partial charge in [-0.05, 0) is 31.2 Å². The zero-order valence-corrected chi connectivity index (χ0v) is 13.9. The van der Waals surface area contributed by atoms with Crippen molar-refractivity contribution in [2.24, 2.45) is 0 Å². The molecule has 0 radical (unpaired) electrons. The van der Waals surface area contributed by atoms with Gasteiger partial charge in [0.15, 0.2) is 5.65 Å². The highest BCUT2D eigenvalue weighted by atomic mass is 16.1. The lowest BCUT2D eigenvalue weighted by Crippen LogP contribution is -2.16. The largest absolute Gasteiger partial charge is 0.286 e. The van der Waals surface area contributed by atoms with E-state index in [1.54, 1.807) is 10.9 Å². The Morgan fingerprint density at radius 1 is 0.885 bits per heavy atom. The van der Waals surface area contributed by atoms with Crippen LogP contribution in [0.3, 0.4) is 0 Å². The molecule has 0 bridgehead atoms. The number of nitrogens with zero attached hydrogens (tertiary/aromatic N) is 6. The lowest BCUT2D eigenvalue weighted by Gasteiger charge is -2.06. The van der Waals surface area contributed by atoms with Crippen molar-refractivity contribution < 1.29 is 0 Å². The molecule has 0 aliphatic rings. The van der Waals surface area contributed by atoms with Crippen LogP contribution in [0.15, 0.2) is 71.7 Å². The van der Waals surface area contributed by atoms with Crippen molar-refractivity contribution in [3.05, 3.63) is 83.0 Å². The molecule has 7 heteroatoms. The molecule has 126 valence electrons. The maximum atomic E-state index is 12.9. The van der Waals surface area contributed by atoms with Crippen LogP contribution in [0.4, 0.5) is 0 Å². The molecule has 0 saturated carbocycles. The summed E-state index contributed by atoms with van der Waals surface area (Å²) in [6.45, 7) is 1.86. The van der Waals surface area contributed by atoms with Gasteiger partial charge in [-0.25, -0.2) is 4.68 Å². The van der Waals surface area contributed by atoms with Gasteiger partial charge in [-0.15, -0.1) is 5.10 Å². The summed E-state index contributed by atoms with van der Waals surface area (Å²) in [6.07, 6.45) is 1.54. The van der Waals surface area contributed by atoms with E-state index >= 15 is 0 Å². The first-order valence-electron chi connectivity index (χ1n) is 8.21. The van der Waals surface area contributed by atoms with Crippen molar-refractivity contribution in [1.82, 2.24) is 28.9 Å². The Hall–Kier alpha value is -3.74. The third-order valence-corrected chi connectivity index (χ3v) is 4.35. The molecule has 0 N–H and O–H groups in total. The highest BCUT2D eigenvalue weighted by Crippen LogP contribution is 2.18. The predicted molar refractivity (Wildman–Crippen MR) is 97.9 cm³/mol. The monoisotopic (exact) mass is 342 g/mol. The zero-order chi connectivity index (χ0) is 17.7. The Balaban J connectivity index is 1.89. The van der Waals surface area contributed by atoms with Gasteiger partial charge in [0.2, 0.25) is 5.78 Å². The van der Waals surface area contributed by atoms with E-state index in [1.807, 2.05) is 72.2 Å². The molecule has 0 amide bonds. The van der Waals surface area contributed by atoms with E-state index < -0.39 is 0 Å². The summed E-state index contributed by atoms with van der Waals surface area (Å²) in [4.78, 5) is 17.7. The van der Waals surface area contributed by atoms with Crippen molar-refractivity contribution in [2.75, 3.05) is 0 Å². The van der Waals surface area contributed by atoms with Gasteiger partial charge in [0.1, 0.15) is 11.2 Å². The first-order valence-corrected chi connectivity index (χ1v) is 8.21. The molecule has 0 saturated heterocycles. The number of hydrogen-bond acceptors (Lipinski definition) is 4. The van der Waals surface area contributed by atoms with Gasteiger partial charge in [0, 0.05) is 0 Å². The number of hydrogen-bond donors (Lipinski definition) is 0. The van der Waals surface area contributed by atoms with Crippen LogP contribution in [-0.2, 0) is 0 Å². The van der Waals surface area contributed by atoms with E-state index in [2.05, 4.69) is 10.2 Å². The zero-order valence-electron chi connectivity index (χ0n) is 13.9. The third kappa shape index (κ3) is 2.00. The molecule has 5 aromatic rings. The fraction of sp³-hybridized carbons (Fsp3) is 0.0526. The van der Waals surface area contributed by atoms with Gasteiger partial charge in [0.25, 0.3) is 5.56 Å². The molecule has 7 nitrogen and oxygen atoms in total. The second-order valence-electron chi connectivity index (χ2n) is 5.98. The number of aromatic nitrogens is 6. The van der Waals surface area contributed by atoms with E-state index in [-0.39, 0.29) is 5.56 Å². The van der Waals surface area contributed by atoms with Gasteiger partial charge < -0.3 is 0 Å². The second kappa shape index (κ2) is 5.38. The normalized spacial score (nSPS) is 11.4. The van der Waals surface area contributed by atoms with Crippen molar-refractivity contribution >= 4 is 16.8 Å². The molecular weight excluding hydrogens is 328 g/mol. The Morgan fingerprint density at radius 2 is 1.54 bits per heavy atom. The fourth-order valence-electron chi connectivity index (χ4n) is 3.15. The summed E-state index contributed by atoms with van der Waals surface area (Å²) in [7, 11) is 0. The number of para-hydroxylation sites is 2. The minimum absolute atomic E-state index is 0.232. The quantitative estimate of drug-likeness (QED) is 0.494. The Morgan fingerprint density at radius 3 is 2.23 bits per heavy atom. The lowest BCUT2D eigenvalue weighted by atomic mass is 10.3. The predicted octanol–water partition coefficient (Wildman–Crippen LogP) is 2.53. The van der Waals surface area contributed by atoms with Crippen molar-refractivity contribution in [3.63, 3.8) is 0 Å². The van der Waals surface area contributed by atoms with Crippen LogP contribution in [0.2, 0.25) is 0 Å². The van der Waals surface area contributed by atoms with Crippen molar-refractivity contribution in [2.45, 2.75) is 6.92 Å². The summed E-state index contributed by atoms with van der Waals surface area (Å²) in [5, 5.41) is 9.18. The molecule has 2 aromatic carbocycles. The molecule has 0 aliphatic heterocycles. The van der Waals surface area contributed by atoms with E-state index in [4.69, 9.17) is 4.98 Å². The highest BCUT2D eigenvalue weighted by Gasteiger charge is 2.18. The highest BCUT2D eigenvalue weighted by molar-refractivity contribution is 5.77. The van der Waals surface area contributed by atoms with Crippen LogP contribution >= 0.6 is 0 Å². The Kier molecular flexibility index (Phi) is 3.02. The molecule has 0 aliphatic carbocycles. The van der Waals surface area contributed by atoms with Gasteiger partial charge in [-0.3, -0.25) is 9.36 Å². The molecule has 0 atom stereocenters. The molecule has 3 aromatic heterocycles. The number of benzene rings is 2. The van der Waals surface area contributed by atoms with Gasteiger partial charge in [-0.1, -0.05) is 36.4 Å². The summed E-state index contributed by atoms with van der Waals surface area (Å²) in [5.74, 6) is 1.15. The first-order chi connectivity index (χ1) is 12.7. The van der Waals surface area contributed by atoms with Gasteiger partial charge in [-0.2, -0.15) is 14.6 Å². The Labute approximate surface area is 147 Å². The smallest absolute Gasteiger partial charge is 0.266 e. The first kappa shape index (κ1) is 14.6. The van der Waals surface area contributed by atoms with Crippen molar-refractivity contribution in [3.8, 4) is 11.4 Å². The van der Waals surface area contributed by atoms with Crippen LogP contribution < -0.4 is 5.56 Å². The molecule has 5 rings (SSSR count). The number of aryl methyl sites for hydroxylation is 1. The molecular formula is C19H14N6O. The van der Waals surface area contributed by atoms with E-state index in [0.717, 1.165) is 11.4 Å². The lowest BCUT2D eigenvalue weighted by molar-refractivity contribution is 0.878. The minimum atomic E-state index is -0.232. The standard InChI is InChI=1S/C19H14N6O/c1-13-22-25-18(26)16-12-20-24(15-10-6-3-7-11-15)17(16)21-19(25)23(13)14-8-4-2-5-9-14/h2-12H,1H3. The van der Waals surface area contributed by atoms with Crippen molar-refractivity contribution in [1.29, 1.82) is 0 Å². The molecule has 26 heavy (non-hydrogen) atoms. The average molecular weight is 342 g/mol. The van der Waals surface area contributed by atoms with Gasteiger partial charge >= 0.3 is 0 Å². The number of fused-ring (bicyclic) bond motifs is 2. The molecule has 0 fully saturated rings. The van der Waals surface area contributed by atoms with E-state index in [0.29, 0.717) is 22.6 Å². The third-order valence-electron chi connectivity index (χ3n) is 4.35. The van der Waals surface area contributed by atoms with Crippen LogP contribution in [0.5, 0.6) is 0 Å². The molecule has 0 unspecified atom stereocenters. The fourth-order valence-corrected chi connectivity index (χ4v) is 3.15. The van der Waals surface area contributed by atoms with E-state index in [9.17, 15) is 4.79 Å². The van der Waals surface area contributed by atoms with E-state index in [1.165, 1.54) is 4.52 Å². The summed E-state index contributed by atoms with van der Waals surface area (Å²) in [6, 6.07) is 19.4.